The van der Waals surface area contributed by atoms with Gasteiger partial charge in [-0.2, -0.15) is 0 Å². The third-order valence-electron chi connectivity index (χ3n) is 5.26. The summed E-state index contributed by atoms with van der Waals surface area (Å²) in [7, 11) is 0. The molecule has 1 atom stereocenters. The molecule has 1 fully saturated rings. The Morgan fingerprint density at radius 2 is 1.81 bits per heavy atom. The molecule has 138 valence electrons. The highest BCUT2D eigenvalue weighted by Gasteiger charge is 2.26. The summed E-state index contributed by atoms with van der Waals surface area (Å²) in [5.41, 5.74) is 2.19. The van der Waals surface area contributed by atoms with Crippen LogP contribution in [0.5, 0.6) is 0 Å². The zero-order chi connectivity index (χ0) is 18.6. The number of likely N-dealkylation sites (tertiary alicyclic amines) is 1. The Kier molecular flexibility index (Phi) is 5.55. The van der Waals surface area contributed by atoms with Gasteiger partial charge in [0, 0.05) is 23.2 Å². The molecular weight excluding hydrogens is 400 g/mol. The summed E-state index contributed by atoms with van der Waals surface area (Å²) in [6.07, 6.45) is 2.01. The molecular formula is C23H23BrN2O. The quantitative estimate of drug-likeness (QED) is 0.605. The van der Waals surface area contributed by atoms with Gasteiger partial charge in [0.25, 0.3) is 0 Å². The topological polar surface area (TPSA) is 32.3 Å². The van der Waals surface area contributed by atoms with E-state index in [4.69, 9.17) is 0 Å². The maximum absolute atomic E-state index is 12.7. The Balaban J connectivity index is 1.43. The van der Waals surface area contributed by atoms with Crippen molar-refractivity contribution in [2.45, 2.75) is 19.4 Å². The highest BCUT2D eigenvalue weighted by molar-refractivity contribution is 9.10. The number of piperidine rings is 1. The number of hydrogen-bond acceptors (Lipinski definition) is 2. The molecule has 1 saturated heterocycles. The van der Waals surface area contributed by atoms with Crippen LogP contribution in [-0.4, -0.2) is 23.9 Å². The molecule has 3 aromatic rings. The van der Waals surface area contributed by atoms with Crippen LogP contribution in [0, 0.1) is 5.92 Å². The van der Waals surface area contributed by atoms with E-state index in [1.54, 1.807) is 0 Å². The highest BCUT2D eigenvalue weighted by Crippen LogP contribution is 2.24. The van der Waals surface area contributed by atoms with E-state index < -0.39 is 0 Å². The molecule has 0 bridgehead atoms. The van der Waals surface area contributed by atoms with Gasteiger partial charge >= 0.3 is 0 Å². The van der Waals surface area contributed by atoms with Gasteiger partial charge in [0.1, 0.15) is 0 Å². The van der Waals surface area contributed by atoms with Crippen molar-refractivity contribution >= 4 is 38.3 Å². The van der Waals surface area contributed by atoms with Gasteiger partial charge in [-0.3, -0.25) is 9.69 Å². The van der Waals surface area contributed by atoms with E-state index in [0.717, 1.165) is 42.6 Å². The zero-order valence-electron chi connectivity index (χ0n) is 15.2. The summed E-state index contributed by atoms with van der Waals surface area (Å²) < 4.78 is 1.01. The minimum atomic E-state index is 0.0392. The van der Waals surface area contributed by atoms with Gasteiger partial charge in [-0.1, -0.05) is 58.4 Å². The van der Waals surface area contributed by atoms with Crippen LogP contribution in [0.15, 0.2) is 71.2 Å². The van der Waals surface area contributed by atoms with Crippen LogP contribution in [0.1, 0.15) is 18.4 Å². The molecule has 4 heteroatoms. The maximum Gasteiger partial charge on any atom is 0.228 e. The van der Waals surface area contributed by atoms with E-state index in [2.05, 4.69) is 68.6 Å². The number of amides is 1. The number of nitrogens with zero attached hydrogens (tertiary/aromatic N) is 1. The number of carbonyl (C=O) groups is 1. The Hall–Kier alpha value is -2.17. The third kappa shape index (κ3) is 4.40. The van der Waals surface area contributed by atoms with Crippen LogP contribution in [-0.2, 0) is 11.3 Å². The molecule has 1 heterocycles. The van der Waals surface area contributed by atoms with Crippen molar-refractivity contribution < 1.29 is 4.79 Å². The lowest BCUT2D eigenvalue weighted by molar-refractivity contribution is -0.121. The van der Waals surface area contributed by atoms with Crippen molar-refractivity contribution in [2.75, 3.05) is 18.4 Å². The van der Waals surface area contributed by atoms with E-state index >= 15 is 0 Å². The number of anilines is 1. The van der Waals surface area contributed by atoms with E-state index in [1.807, 2.05) is 24.3 Å². The average Bonchev–Trinajstić information content (AvgIpc) is 2.70. The van der Waals surface area contributed by atoms with Crippen molar-refractivity contribution in [3.8, 4) is 0 Å². The first-order valence-electron chi connectivity index (χ1n) is 9.44. The molecule has 3 aromatic carbocycles. The van der Waals surface area contributed by atoms with Crippen LogP contribution < -0.4 is 5.32 Å². The van der Waals surface area contributed by atoms with Gasteiger partial charge in [0.15, 0.2) is 0 Å². The predicted molar refractivity (Wildman–Crippen MR) is 115 cm³/mol. The number of rotatable bonds is 4. The first kappa shape index (κ1) is 18.2. The second kappa shape index (κ2) is 8.24. The molecule has 1 unspecified atom stereocenters. The van der Waals surface area contributed by atoms with Gasteiger partial charge in [-0.25, -0.2) is 0 Å². The summed E-state index contributed by atoms with van der Waals surface area (Å²) in [4.78, 5) is 15.1. The van der Waals surface area contributed by atoms with E-state index in [-0.39, 0.29) is 11.8 Å². The smallest absolute Gasteiger partial charge is 0.228 e. The van der Waals surface area contributed by atoms with E-state index in [1.165, 1.54) is 16.3 Å². The summed E-state index contributed by atoms with van der Waals surface area (Å²) in [6.45, 7) is 2.75. The largest absolute Gasteiger partial charge is 0.326 e. The standard InChI is InChI=1S/C23H23BrN2O/c24-20-10-12-21(13-11-20)25-23(27)19-8-4-14-26(16-19)15-18-7-3-6-17-5-1-2-9-22(17)18/h1-3,5-7,9-13,19H,4,8,14-16H2,(H,25,27). The molecule has 27 heavy (non-hydrogen) atoms. The lowest BCUT2D eigenvalue weighted by Crippen LogP contribution is -2.40. The minimum Gasteiger partial charge on any atom is -0.326 e. The van der Waals surface area contributed by atoms with Gasteiger partial charge in [-0.15, -0.1) is 0 Å². The fourth-order valence-corrected chi connectivity index (χ4v) is 4.13. The van der Waals surface area contributed by atoms with Crippen LogP contribution in [0.3, 0.4) is 0 Å². The first-order valence-corrected chi connectivity index (χ1v) is 10.2. The number of hydrogen-bond donors (Lipinski definition) is 1. The Morgan fingerprint density at radius 3 is 2.67 bits per heavy atom. The van der Waals surface area contributed by atoms with Gasteiger partial charge in [0.05, 0.1) is 5.92 Å². The summed E-state index contributed by atoms with van der Waals surface area (Å²) >= 11 is 3.43. The Morgan fingerprint density at radius 1 is 1.04 bits per heavy atom. The number of fused-ring (bicyclic) bond motifs is 1. The normalized spacial score (nSPS) is 17.7. The van der Waals surface area contributed by atoms with Crippen LogP contribution >= 0.6 is 15.9 Å². The molecule has 3 nitrogen and oxygen atoms in total. The zero-order valence-corrected chi connectivity index (χ0v) is 16.8. The molecule has 0 aromatic heterocycles. The third-order valence-corrected chi connectivity index (χ3v) is 5.79. The Labute approximate surface area is 168 Å². The molecule has 0 spiro atoms. The fraction of sp³-hybridized carbons (Fsp3) is 0.261. The Bertz CT molecular complexity index is 933. The lowest BCUT2D eigenvalue weighted by Gasteiger charge is -2.32. The predicted octanol–water partition coefficient (Wildman–Crippen LogP) is 5.45. The van der Waals surface area contributed by atoms with E-state index in [0.29, 0.717) is 0 Å². The van der Waals surface area contributed by atoms with Crippen molar-refractivity contribution in [2.24, 2.45) is 5.92 Å². The molecule has 1 amide bonds. The second-order valence-electron chi connectivity index (χ2n) is 7.21. The number of nitrogens with one attached hydrogen (secondary N) is 1. The summed E-state index contributed by atoms with van der Waals surface area (Å²) in [5.74, 6) is 0.164. The number of benzene rings is 3. The fourth-order valence-electron chi connectivity index (χ4n) is 3.86. The second-order valence-corrected chi connectivity index (χ2v) is 8.12. The highest BCUT2D eigenvalue weighted by atomic mass is 79.9. The van der Waals surface area contributed by atoms with E-state index in [9.17, 15) is 4.79 Å². The van der Waals surface area contributed by atoms with Gasteiger partial charge in [-0.05, 0) is 60.0 Å². The van der Waals surface area contributed by atoms with Crippen molar-refractivity contribution in [1.29, 1.82) is 0 Å². The van der Waals surface area contributed by atoms with Gasteiger partial charge in [0.2, 0.25) is 5.91 Å². The SMILES string of the molecule is O=C(Nc1ccc(Br)cc1)C1CCCN(Cc2cccc3ccccc23)C1. The molecule has 0 aliphatic carbocycles. The van der Waals surface area contributed by atoms with Crippen molar-refractivity contribution in [3.05, 3.63) is 76.8 Å². The molecule has 1 aliphatic rings. The average molecular weight is 423 g/mol. The lowest BCUT2D eigenvalue weighted by atomic mass is 9.96. The first-order chi connectivity index (χ1) is 13.2. The minimum absolute atomic E-state index is 0.0392. The molecule has 1 N–H and O–H groups in total. The van der Waals surface area contributed by atoms with Gasteiger partial charge < -0.3 is 5.32 Å². The monoisotopic (exact) mass is 422 g/mol. The number of carbonyl (C=O) groups excluding carboxylic acids is 1. The molecule has 1 aliphatic heterocycles. The molecule has 0 radical (unpaired) electrons. The van der Waals surface area contributed by atoms with Crippen molar-refractivity contribution in [1.82, 2.24) is 4.90 Å². The van der Waals surface area contributed by atoms with Crippen LogP contribution in [0.4, 0.5) is 5.69 Å². The summed E-state index contributed by atoms with van der Waals surface area (Å²) in [6, 6.07) is 22.8. The van der Waals surface area contributed by atoms with Crippen LogP contribution in [0.2, 0.25) is 0 Å². The molecule has 4 rings (SSSR count). The molecule has 0 saturated carbocycles. The van der Waals surface area contributed by atoms with Crippen LogP contribution in [0.25, 0.3) is 10.8 Å². The number of halogens is 1. The summed E-state index contributed by atoms with van der Waals surface area (Å²) in [5, 5.41) is 5.65. The maximum atomic E-state index is 12.7. The van der Waals surface area contributed by atoms with Crippen molar-refractivity contribution in [3.63, 3.8) is 0 Å².